The van der Waals surface area contributed by atoms with Gasteiger partial charge in [0.25, 0.3) is 0 Å². The van der Waals surface area contributed by atoms with Gasteiger partial charge < -0.3 is 4.74 Å². The summed E-state index contributed by atoms with van der Waals surface area (Å²) in [5.41, 5.74) is 4.92. The Morgan fingerprint density at radius 2 is 1.40 bits per heavy atom. The molecule has 0 radical (unpaired) electrons. The molecule has 3 aromatic rings. The van der Waals surface area contributed by atoms with Crippen molar-refractivity contribution in [3.8, 4) is 5.75 Å². The van der Waals surface area contributed by atoms with Gasteiger partial charge in [-0.05, 0) is 34.4 Å². The maximum absolute atomic E-state index is 13.9. The number of anilines is 1. The van der Waals surface area contributed by atoms with E-state index in [9.17, 15) is 9.59 Å². The summed E-state index contributed by atoms with van der Waals surface area (Å²) in [7, 11) is 1.55. The molecule has 3 aliphatic carbocycles. The van der Waals surface area contributed by atoms with Crippen LogP contribution in [0.5, 0.6) is 5.75 Å². The molecule has 1 saturated heterocycles. The van der Waals surface area contributed by atoms with Crippen LogP contribution < -0.4 is 9.64 Å². The van der Waals surface area contributed by atoms with E-state index in [0.29, 0.717) is 11.4 Å². The van der Waals surface area contributed by atoms with Crippen LogP contribution >= 0.6 is 15.9 Å². The molecule has 148 valence electrons. The van der Waals surface area contributed by atoms with Crippen LogP contribution in [0.2, 0.25) is 0 Å². The number of ether oxygens (including phenoxy) is 1. The Hall–Kier alpha value is -2.92. The topological polar surface area (TPSA) is 46.6 Å². The van der Waals surface area contributed by atoms with Gasteiger partial charge in [-0.2, -0.15) is 0 Å². The van der Waals surface area contributed by atoms with E-state index in [-0.39, 0.29) is 17.7 Å². The molecule has 5 heteroatoms. The summed E-state index contributed by atoms with van der Waals surface area (Å²) in [6.07, 6.45) is 0. The zero-order chi connectivity index (χ0) is 20.6. The monoisotopic (exact) mass is 459 g/mol. The summed E-state index contributed by atoms with van der Waals surface area (Å²) in [5, 5.41) is 0. The van der Waals surface area contributed by atoms with Crippen LogP contribution in [0.4, 0.5) is 5.69 Å². The van der Waals surface area contributed by atoms with E-state index in [1.165, 1.54) is 4.90 Å². The standard InChI is InChI=1S/C25H18BrNO3/c1-30-19-13-7-6-12-18(19)27-23(28)21-20-14-8-2-4-10-16(14)25(26,22(21)24(27)29)17-11-5-3-9-15(17)20/h2-13,20-22H,1H3/t20?,21-,22-,25?/m0/s1. The molecule has 2 amide bonds. The molecule has 4 aliphatic rings. The number of para-hydroxylation sites is 2. The molecule has 1 heterocycles. The normalized spacial score (nSPS) is 28.2. The lowest BCUT2D eigenvalue weighted by atomic mass is 9.55. The van der Waals surface area contributed by atoms with E-state index in [2.05, 4.69) is 40.2 Å². The van der Waals surface area contributed by atoms with Gasteiger partial charge in [0.15, 0.2) is 0 Å². The Balaban J connectivity index is 1.62. The first-order valence-electron chi connectivity index (χ1n) is 9.97. The molecular weight excluding hydrogens is 442 g/mol. The van der Waals surface area contributed by atoms with Gasteiger partial charge in [-0.3, -0.25) is 9.59 Å². The second kappa shape index (κ2) is 6.05. The fraction of sp³-hybridized carbons (Fsp3) is 0.200. The highest BCUT2D eigenvalue weighted by Crippen LogP contribution is 2.66. The van der Waals surface area contributed by atoms with Gasteiger partial charge in [0.1, 0.15) is 5.75 Å². The number of carbonyl (C=O) groups excluding carboxylic acids is 2. The minimum atomic E-state index is -0.733. The van der Waals surface area contributed by atoms with E-state index >= 15 is 0 Å². The smallest absolute Gasteiger partial charge is 0.239 e. The van der Waals surface area contributed by atoms with Crippen molar-refractivity contribution in [2.24, 2.45) is 11.8 Å². The first kappa shape index (κ1) is 17.9. The summed E-state index contributed by atoms with van der Waals surface area (Å²) in [4.78, 5) is 29.0. The second-order valence-electron chi connectivity index (χ2n) is 8.05. The molecule has 0 spiro atoms. The van der Waals surface area contributed by atoms with Crippen molar-refractivity contribution in [1.82, 2.24) is 0 Å². The van der Waals surface area contributed by atoms with Crippen molar-refractivity contribution < 1.29 is 14.3 Å². The summed E-state index contributed by atoms with van der Waals surface area (Å²) in [6.45, 7) is 0. The first-order valence-corrected chi connectivity index (χ1v) is 10.8. The molecule has 2 bridgehead atoms. The zero-order valence-electron chi connectivity index (χ0n) is 16.2. The lowest BCUT2D eigenvalue weighted by Crippen LogP contribution is -2.50. The quantitative estimate of drug-likeness (QED) is 0.415. The number of hydrogen-bond acceptors (Lipinski definition) is 3. The maximum Gasteiger partial charge on any atom is 0.239 e. The molecule has 4 nitrogen and oxygen atoms in total. The molecule has 3 aromatic carbocycles. The highest BCUT2D eigenvalue weighted by molar-refractivity contribution is 9.09. The number of benzene rings is 3. The number of carbonyl (C=O) groups is 2. The Morgan fingerprint density at radius 3 is 2.03 bits per heavy atom. The van der Waals surface area contributed by atoms with E-state index in [4.69, 9.17) is 4.74 Å². The third-order valence-corrected chi connectivity index (χ3v) is 8.19. The third-order valence-electron chi connectivity index (χ3n) is 6.84. The molecule has 1 fully saturated rings. The Kier molecular flexibility index (Phi) is 3.61. The Labute approximate surface area is 182 Å². The van der Waals surface area contributed by atoms with E-state index in [1.54, 1.807) is 19.2 Å². The van der Waals surface area contributed by atoms with Gasteiger partial charge in [-0.25, -0.2) is 4.90 Å². The number of imide groups is 1. The van der Waals surface area contributed by atoms with Gasteiger partial charge in [-0.15, -0.1) is 0 Å². The minimum absolute atomic E-state index is 0.141. The summed E-state index contributed by atoms with van der Waals surface area (Å²) in [5.74, 6) is -0.925. The van der Waals surface area contributed by atoms with Crippen molar-refractivity contribution in [3.05, 3.63) is 95.1 Å². The first-order chi connectivity index (χ1) is 14.6. The fourth-order valence-corrected chi connectivity index (χ4v) is 6.93. The molecule has 30 heavy (non-hydrogen) atoms. The van der Waals surface area contributed by atoms with Crippen molar-refractivity contribution in [2.45, 2.75) is 10.2 Å². The van der Waals surface area contributed by atoms with Crippen molar-refractivity contribution >= 4 is 33.4 Å². The van der Waals surface area contributed by atoms with Gasteiger partial charge in [0.05, 0.1) is 29.0 Å². The Morgan fingerprint density at radius 1 is 0.833 bits per heavy atom. The average molecular weight is 460 g/mol. The number of amides is 2. The van der Waals surface area contributed by atoms with Gasteiger partial charge >= 0.3 is 0 Å². The van der Waals surface area contributed by atoms with Gasteiger partial charge in [0.2, 0.25) is 11.8 Å². The number of hydrogen-bond donors (Lipinski definition) is 0. The Bertz CT molecular complexity index is 1190. The molecule has 2 atom stereocenters. The van der Waals surface area contributed by atoms with Crippen LogP contribution in [0.1, 0.15) is 28.2 Å². The molecular formula is C25H18BrNO3. The summed E-state index contributed by atoms with van der Waals surface area (Å²) in [6, 6.07) is 23.5. The number of methoxy groups -OCH3 is 1. The number of nitrogens with zero attached hydrogens (tertiary/aromatic N) is 1. The van der Waals surface area contributed by atoms with Crippen LogP contribution in [0, 0.1) is 11.8 Å². The molecule has 0 saturated carbocycles. The van der Waals surface area contributed by atoms with Crippen LogP contribution in [-0.4, -0.2) is 18.9 Å². The van der Waals surface area contributed by atoms with Crippen LogP contribution in [0.15, 0.2) is 72.8 Å². The van der Waals surface area contributed by atoms with Crippen LogP contribution in [-0.2, 0) is 13.9 Å². The third kappa shape index (κ3) is 1.96. The van der Waals surface area contributed by atoms with E-state index in [0.717, 1.165) is 22.3 Å². The molecule has 7 rings (SSSR count). The van der Waals surface area contributed by atoms with E-state index in [1.807, 2.05) is 36.4 Å². The predicted octanol–water partition coefficient (Wildman–Crippen LogP) is 4.60. The maximum atomic E-state index is 13.9. The largest absolute Gasteiger partial charge is 0.495 e. The summed E-state index contributed by atoms with van der Waals surface area (Å²) >= 11 is 4.01. The lowest BCUT2D eigenvalue weighted by molar-refractivity contribution is -0.122. The van der Waals surface area contributed by atoms with Crippen LogP contribution in [0.3, 0.4) is 0 Å². The molecule has 0 aromatic heterocycles. The van der Waals surface area contributed by atoms with Crippen molar-refractivity contribution in [1.29, 1.82) is 0 Å². The predicted molar refractivity (Wildman–Crippen MR) is 117 cm³/mol. The number of halogens is 1. The second-order valence-corrected chi connectivity index (χ2v) is 9.30. The molecule has 1 aliphatic heterocycles. The summed E-state index contributed by atoms with van der Waals surface area (Å²) < 4.78 is 4.74. The zero-order valence-corrected chi connectivity index (χ0v) is 17.8. The van der Waals surface area contributed by atoms with Crippen molar-refractivity contribution in [2.75, 3.05) is 12.0 Å². The number of alkyl halides is 1. The molecule has 0 N–H and O–H groups in total. The van der Waals surface area contributed by atoms with Crippen LogP contribution in [0.25, 0.3) is 0 Å². The average Bonchev–Trinajstić information content (AvgIpc) is 3.05. The highest BCUT2D eigenvalue weighted by Gasteiger charge is 2.67. The molecule has 0 unspecified atom stereocenters. The minimum Gasteiger partial charge on any atom is -0.495 e. The number of rotatable bonds is 2. The SMILES string of the molecule is COc1ccccc1N1C(=O)[C@@H]2[C@@H](C1=O)C1c3ccccc3C2(Br)c2ccccc21. The van der Waals surface area contributed by atoms with Gasteiger partial charge in [0, 0.05) is 5.92 Å². The lowest BCUT2D eigenvalue weighted by Gasteiger charge is -2.51. The van der Waals surface area contributed by atoms with E-state index < -0.39 is 16.2 Å². The fourth-order valence-electron chi connectivity index (χ4n) is 5.73. The highest BCUT2D eigenvalue weighted by atomic mass is 79.9. The van der Waals surface area contributed by atoms with Gasteiger partial charge in [-0.1, -0.05) is 76.6 Å². The van der Waals surface area contributed by atoms with Crippen molar-refractivity contribution in [3.63, 3.8) is 0 Å².